The number of ether oxygens (including phenoxy) is 1. The molecule has 0 aliphatic heterocycles. The largest absolute Gasteiger partial charge is 0.495 e. The third-order valence-corrected chi connectivity index (χ3v) is 4.28. The Hall–Kier alpha value is -3.26. The van der Waals surface area contributed by atoms with Crippen molar-refractivity contribution in [3.8, 4) is 23.1 Å². The topological polar surface area (TPSA) is 84.0 Å². The number of hydrogen-bond donors (Lipinski definition) is 2. The van der Waals surface area contributed by atoms with Gasteiger partial charge in [-0.2, -0.15) is 5.26 Å². The van der Waals surface area contributed by atoms with E-state index in [2.05, 4.69) is 28.5 Å². The van der Waals surface area contributed by atoms with Crippen LogP contribution in [-0.4, -0.2) is 18.6 Å². The molecule has 1 heterocycles. The first kappa shape index (κ1) is 17.6. The molecule has 1 aromatic heterocycles. The molecule has 0 spiro atoms. The Balaban J connectivity index is 2.11. The minimum atomic E-state index is -0.486. The molecule has 5 nitrogen and oxygen atoms in total. The Morgan fingerprint density at radius 3 is 2.65 bits per heavy atom. The fraction of sp³-hybridized carbons (Fsp3) is 0.238. The molecule has 0 fully saturated rings. The van der Waals surface area contributed by atoms with Crippen molar-refractivity contribution < 1.29 is 4.74 Å². The normalized spacial score (nSPS) is 11.2. The molecule has 3 N–H and O–H groups in total. The minimum absolute atomic E-state index is 0.486. The van der Waals surface area contributed by atoms with E-state index in [9.17, 15) is 5.26 Å². The Kier molecular flexibility index (Phi) is 4.68. The molecule has 0 aliphatic rings. The first-order chi connectivity index (χ1) is 12.4. The van der Waals surface area contributed by atoms with Gasteiger partial charge in [-0.1, -0.05) is 24.3 Å². The van der Waals surface area contributed by atoms with Crippen LogP contribution in [0.1, 0.15) is 13.8 Å². The van der Waals surface area contributed by atoms with Crippen LogP contribution in [-0.2, 0) is 0 Å². The zero-order valence-corrected chi connectivity index (χ0v) is 15.2. The number of hydrogen-bond acceptors (Lipinski definition) is 5. The number of methoxy groups -OCH3 is 1. The highest BCUT2D eigenvalue weighted by atomic mass is 16.5. The van der Waals surface area contributed by atoms with Gasteiger partial charge in [0.2, 0.25) is 0 Å². The fourth-order valence-corrected chi connectivity index (χ4v) is 2.77. The number of anilines is 2. The SMILES string of the molecule is COc1ccc2ccc(-c3cccc(N)n3)cc2c1NCC(C)(C)C#N. The highest BCUT2D eigenvalue weighted by Crippen LogP contribution is 2.36. The predicted octanol–water partition coefficient (Wildman–Crippen LogP) is 4.45. The summed E-state index contributed by atoms with van der Waals surface area (Å²) in [6, 6.07) is 18.0. The molecule has 0 saturated carbocycles. The van der Waals surface area contributed by atoms with Crippen molar-refractivity contribution in [2.45, 2.75) is 13.8 Å². The van der Waals surface area contributed by atoms with Crippen molar-refractivity contribution in [1.29, 1.82) is 5.26 Å². The van der Waals surface area contributed by atoms with Gasteiger partial charge < -0.3 is 15.8 Å². The summed E-state index contributed by atoms with van der Waals surface area (Å²) in [7, 11) is 1.64. The lowest BCUT2D eigenvalue weighted by atomic mass is 9.95. The van der Waals surface area contributed by atoms with Gasteiger partial charge in [-0.15, -0.1) is 0 Å². The highest BCUT2D eigenvalue weighted by molar-refractivity contribution is 5.99. The summed E-state index contributed by atoms with van der Waals surface area (Å²) in [5.74, 6) is 1.23. The average Bonchev–Trinajstić information content (AvgIpc) is 2.65. The number of nitrogen functional groups attached to an aromatic ring is 1. The van der Waals surface area contributed by atoms with Crippen LogP contribution in [0.15, 0.2) is 48.5 Å². The van der Waals surface area contributed by atoms with E-state index in [1.54, 1.807) is 13.2 Å². The van der Waals surface area contributed by atoms with Crippen molar-refractivity contribution in [2.24, 2.45) is 5.41 Å². The van der Waals surface area contributed by atoms with Crippen LogP contribution in [0.25, 0.3) is 22.0 Å². The van der Waals surface area contributed by atoms with Crippen molar-refractivity contribution >= 4 is 22.3 Å². The second-order valence-electron chi connectivity index (χ2n) is 6.88. The van der Waals surface area contributed by atoms with E-state index in [4.69, 9.17) is 10.5 Å². The number of nitrogens with one attached hydrogen (secondary N) is 1. The van der Waals surface area contributed by atoms with Gasteiger partial charge >= 0.3 is 0 Å². The smallest absolute Gasteiger partial charge is 0.142 e. The summed E-state index contributed by atoms with van der Waals surface area (Å²) in [6.07, 6.45) is 0. The number of benzene rings is 2. The Morgan fingerprint density at radius 2 is 1.96 bits per heavy atom. The van der Waals surface area contributed by atoms with E-state index in [0.29, 0.717) is 12.4 Å². The van der Waals surface area contributed by atoms with Gasteiger partial charge in [0.05, 0.1) is 30.0 Å². The Morgan fingerprint density at radius 1 is 1.19 bits per heavy atom. The van der Waals surface area contributed by atoms with Crippen molar-refractivity contribution in [3.63, 3.8) is 0 Å². The molecular formula is C21H22N4O. The summed E-state index contributed by atoms with van der Waals surface area (Å²) < 4.78 is 5.54. The monoisotopic (exact) mass is 346 g/mol. The summed E-state index contributed by atoms with van der Waals surface area (Å²) >= 11 is 0. The van der Waals surface area contributed by atoms with Crippen LogP contribution in [0, 0.1) is 16.7 Å². The van der Waals surface area contributed by atoms with Crippen LogP contribution >= 0.6 is 0 Å². The van der Waals surface area contributed by atoms with Crippen LogP contribution in [0.2, 0.25) is 0 Å². The number of nitriles is 1. The van der Waals surface area contributed by atoms with Crippen LogP contribution in [0.3, 0.4) is 0 Å². The lowest BCUT2D eigenvalue weighted by Gasteiger charge is -2.20. The first-order valence-corrected chi connectivity index (χ1v) is 8.42. The maximum atomic E-state index is 9.29. The molecule has 3 rings (SSSR count). The van der Waals surface area contributed by atoms with E-state index in [1.807, 2.05) is 44.2 Å². The quantitative estimate of drug-likeness (QED) is 0.713. The van der Waals surface area contributed by atoms with E-state index >= 15 is 0 Å². The Bertz CT molecular complexity index is 989. The standard InChI is InChI=1S/C21H22N4O/c1-21(2,12-22)13-24-20-16-11-15(17-5-4-6-19(23)25-17)8-7-14(16)9-10-18(20)26-3/h4-11,24H,13H2,1-3H3,(H2,23,25). The molecule has 132 valence electrons. The fourth-order valence-electron chi connectivity index (χ4n) is 2.77. The van der Waals surface area contributed by atoms with Gasteiger partial charge in [0, 0.05) is 17.5 Å². The molecular weight excluding hydrogens is 324 g/mol. The predicted molar refractivity (Wildman–Crippen MR) is 106 cm³/mol. The molecule has 0 saturated heterocycles. The zero-order valence-electron chi connectivity index (χ0n) is 15.2. The van der Waals surface area contributed by atoms with Crippen LogP contribution < -0.4 is 15.8 Å². The van der Waals surface area contributed by atoms with Gasteiger partial charge in [0.1, 0.15) is 11.6 Å². The number of aromatic nitrogens is 1. The molecule has 0 atom stereocenters. The van der Waals surface area contributed by atoms with Crippen molar-refractivity contribution in [1.82, 2.24) is 4.98 Å². The van der Waals surface area contributed by atoms with E-state index < -0.39 is 5.41 Å². The molecule has 2 aromatic carbocycles. The lowest BCUT2D eigenvalue weighted by Crippen LogP contribution is -2.21. The molecule has 0 radical (unpaired) electrons. The van der Waals surface area contributed by atoms with Gasteiger partial charge in [-0.3, -0.25) is 0 Å². The Labute approximate surface area is 153 Å². The van der Waals surface area contributed by atoms with Crippen LogP contribution in [0.4, 0.5) is 11.5 Å². The second-order valence-corrected chi connectivity index (χ2v) is 6.88. The van der Waals surface area contributed by atoms with Gasteiger partial charge in [-0.05, 0) is 43.5 Å². The molecule has 0 aliphatic carbocycles. The summed E-state index contributed by atoms with van der Waals surface area (Å²) in [4.78, 5) is 4.40. The van der Waals surface area contributed by atoms with Gasteiger partial charge in [0.25, 0.3) is 0 Å². The summed E-state index contributed by atoms with van der Waals surface area (Å²) in [5, 5.41) is 14.8. The molecule has 0 bridgehead atoms. The second kappa shape index (κ2) is 6.93. The maximum Gasteiger partial charge on any atom is 0.142 e. The van der Waals surface area contributed by atoms with E-state index in [-0.39, 0.29) is 0 Å². The van der Waals surface area contributed by atoms with Crippen molar-refractivity contribution in [3.05, 3.63) is 48.5 Å². The molecule has 26 heavy (non-hydrogen) atoms. The molecule has 5 heteroatoms. The first-order valence-electron chi connectivity index (χ1n) is 8.42. The van der Waals surface area contributed by atoms with Crippen molar-refractivity contribution in [2.75, 3.05) is 24.7 Å². The van der Waals surface area contributed by atoms with Gasteiger partial charge in [-0.25, -0.2) is 4.98 Å². The highest BCUT2D eigenvalue weighted by Gasteiger charge is 2.18. The minimum Gasteiger partial charge on any atom is -0.495 e. The summed E-state index contributed by atoms with van der Waals surface area (Å²) in [6.45, 7) is 4.32. The average molecular weight is 346 g/mol. The number of nitrogens with two attached hydrogens (primary N) is 1. The third kappa shape index (κ3) is 3.55. The molecule has 0 unspecified atom stereocenters. The molecule has 3 aromatic rings. The molecule has 0 amide bonds. The van der Waals surface area contributed by atoms with Gasteiger partial charge in [0.15, 0.2) is 0 Å². The third-order valence-electron chi connectivity index (χ3n) is 4.28. The number of rotatable bonds is 5. The number of fused-ring (bicyclic) bond motifs is 1. The maximum absolute atomic E-state index is 9.29. The van der Waals surface area contributed by atoms with E-state index in [1.165, 1.54) is 0 Å². The zero-order chi connectivity index (χ0) is 18.7. The number of pyridine rings is 1. The lowest BCUT2D eigenvalue weighted by molar-refractivity contribution is 0.416. The van der Waals surface area contributed by atoms with Crippen LogP contribution in [0.5, 0.6) is 5.75 Å². The summed E-state index contributed by atoms with van der Waals surface area (Å²) in [5.41, 5.74) is 8.00. The number of nitrogens with zero attached hydrogens (tertiary/aromatic N) is 2. The van der Waals surface area contributed by atoms with E-state index in [0.717, 1.165) is 33.5 Å².